The van der Waals surface area contributed by atoms with Gasteiger partial charge in [-0.15, -0.1) is 0 Å². The van der Waals surface area contributed by atoms with Crippen LogP contribution in [0.1, 0.15) is 72.4 Å². The van der Waals surface area contributed by atoms with Gasteiger partial charge in [0.2, 0.25) is 0 Å². The van der Waals surface area contributed by atoms with Gasteiger partial charge in [0, 0.05) is 17.7 Å². The number of H-pyrrole nitrogens is 1. The van der Waals surface area contributed by atoms with Crippen LogP contribution in [0.25, 0.3) is 11.3 Å². The molecular formula is C27H33N3O3. The first-order chi connectivity index (χ1) is 15.8. The van der Waals surface area contributed by atoms with E-state index in [0.717, 1.165) is 40.8 Å². The summed E-state index contributed by atoms with van der Waals surface area (Å²) in [5.41, 5.74) is 5.37. The number of hydrogen-bond acceptors (Lipinski definition) is 4. The highest BCUT2D eigenvalue weighted by atomic mass is 16.5. The number of hydrogen-bond donors (Lipinski definition) is 2. The Morgan fingerprint density at radius 3 is 2.73 bits per heavy atom. The molecular weight excluding hydrogens is 414 g/mol. The van der Waals surface area contributed by atoms with Gasteiger partial charge in [-0.2, -0.15) is 5.10 Å². The van der Waals surface area contributed by atoms with Gasteiger partial charge in [-0.25, -0.2) is 0 Å². The second-order valence-electron chi connectivity index (χ2n) is 9.34. The van der Waals surface area contributed by atoms with Crippen LogP contribution < -0.4 is 4.74 Å². The molecule has 2 N–H and O–H groups in total. The molecule has 1 unspecified atom stereocenters. The van der Waals surface area contributed by atoms with E-state index in [2.05, 4.69) is 31.0 Å². The fraction of sp³-hybridized carbons (Fsp3) is 0.407. The normalized spacial score (nSPS) is 15.4. The van der Waals surface area contributed by atoms with Crippen LogP contribution in [0, 0.1) is 19.8 Å². The molecule has 4 rings (SSSR count). The molecule has 0 radical (unpaired) electrons. The Morgan fingerprint density at radius 1 is 1.21 bits per heavy atom. The number of benzene rings is 2. The number of fused-ring (bicyclic) bond motifs is 1. The van der Waals surface area contributed by atoms with E-state index in [1.165, 1.54) is 0 Å². The number of rotatable bonds is 8. The summed E-state index contributed by atoms with van der Waals surface area (Å²) in [7, 11) is 0. The van der Waals surface area contributed by atoms with Crippen molar-refractivity contribution in [1.29, 1.82) is 0 Å². The van der Waals surface area contributed by atoms with Crippen LogP contribution in [0.3, 0.4) is 0 Å². The Bertz CT molecular complexity index is 1170. The third kappa shape index (κ3) is 4.34. The molecule has 6 nitrogen and oxygen atoms in total. The number of phenolic OH excluding ortho intramolecular Hbond substituents is 1. The van der Waals surface area contributed by atoms with E-state index < -0.39 is 0 Å². The topological polar surface area (TPSA) is 78.5 Å². The number of nitrogens with zero attached hydrogens (tertiary/aromatic N) is 2. The molecule has 1 aliphatic heterocycles. The standard InChI is InChI=1S/C27H33N3O3/c1-6-11-30-25(19-8-7-9-20(15-19)33-12-10-16(2)3)22-23(28-29-24(22)27(30)32)21-14-17(4)13-18(5)26(21)31/h7-9,13-16,25,31H,6,10-12H2,1-5H3,(H,28,29). The van der Waals surface area contributed by atoms with Crippen LogP contribution in [0.5, 0.6) is 11.5 Å². The predicted molar refractivity (Wildman–Crippen MR) is 130 cm³/mol. The quantitative estimate of drug-likeness (QED) is 0.459. The number of aromatic hydroxyl groups is 1. The fourth-order valence-electron chi connectivity index (χ4n) is 4.55. The monoisotopic (exact) mass is 447 g/mol. The van der Waals surface area contributed by atoms with Gasteiger partial charge in [0.1, 0.15) is 22.9 Å². The average molecular weight is 448 g/mol. The van der Waals surface area contributed by atoms with Crippen molar-refractivity contribution in [1.82, 2.24) is 15.1 Å². The third-order valence-corrected chi connectivity index (χ3v) is 6.17. The fourth-order valence-corrected chi connectivity index (χ4v) is 4.55. The number of carbonyl (C=O) groups excluding carboxylic acids is 1. The van der Waals surface area contributed by atoms with Gasteiger partial charge in [-0.3, -0.25) is 9.89 Å². The lowest BCUT2D eigenvalue weighted by atomic mass is 9.94. The summed E-state index contributed by atoms with van der Waals surface area (Å²) >= 11 is 0. The van der Waals surface area contributed by atoms with Crippen LogP contribution in [0.4, 0.5) is 0 Å². The van der Waals surface area contributed by atoms with E-state index >= 15 is 0 Å². The van der Waals surface area contributed by atoms with E-state index in [0.29, 0.717) is 36.0 Å². The second-order valence-corrected chi connectivity index (χ2v) is 9.34. The number of aromatic nitrogens is 2. The van der Waals surface area contributed by atoms with Crippen molar-refractivity contribution in [2.45, 2.75) is 53.5 Å². The van der Waals surface area contributed by atoms with Crippen LogP contribution in [0.2, 0.25) is 0 Å². The van der Waals surface area contributed by atoms with E-state index in [9.17, 15) is 9.90 Å². The van der Waals surface area contributed by atoms with Gasteiger partial charge < -0.3 is 14.7 Å². The van der Waals surface area contributed by atoms with Crippen LogP contribution in [-0.2, 0) is 0 Å². The first-order valence-electron chi connectivity index (χ1n) is 11.7. The van der Waals surface area contributed by atoms with Crippen molar-refractivity contribution in [3.8, 4) is 22.8 Å². The number of nitrogens with one attached hydrogen (secondary N) is 1. The molecule has 0 saturated heterocycles. The van der Waals surface area contributed by atoms with Crippen molar-refractivity contribution < 1.29 is 14.6 Å². The molecule has 2 aromatic carbocycles. The number of phenols is 1. The Labute approximate surface area is 195 Å². The Hall–Kier alpha value is -3.28. The van der Waals surface area contributed by atoms with Gasteiger partial charge >= 0.3 is 0 Å². The lowest BCUT2D eigenvalue weighted by Gasteiger charge is -2.26. The summed E-state index contributed by atoms with van der Waals surface area (Å²) in [5.74, 6) is 1.50. The molecule has 0 saturated carbocycles. The molecule has 1 amide bonds. The number of amides is 1. The van der Waals surface area contributed by atoms with Crippen molar-refractivity contribution >= 4 is 5.91 Å². The van der Waals surface area contributed by atoms with Crippen LogP contribution in [0.15, 0.2) is 36.4 Å². The van der Waals surface area contributed by atoms with Crippen LogP contribution >= 0.6 is 0 Å². The predicted octanol–water partition coefficient (Wildman–Crippen LogP) is 5.78. The smallest absolute Gasteiger partial charge is 0.273 e. The van der Waals surface area contributed by atoms with Crippen molar-refractivity contribution in [2.75, 3.05) is 13.2 Å². The zero-order chi connectivity index (χ0) is 23.7. The van der Waals surface area contributed by atoms with Gasteiger partial charge in [0.25, 0.3) is 5.91 Å². The number of aryl methyl sites for hydroxylation is 2. The summed E-state index contributed by atoms with van der Waals surface area (Å²) in [6.45, 7) is 11.6. The number of aromatic amines is 1. The highest BCUT2D eigenvalue weighted by Gasteiger charge is 2.42. The number of ether oxygens (including phenoxy) is 1. The molecule has 0 bridgehead atoms. The minimum absolute atomic E-state index is 0.0643. The van der Waals surface area contributed by atoms with E-state index in [-0.39, 0.29) is 17.7 Å². The van der Waals surface area contributed by atoms with Gasteiger partial charge in [0.15, 0.2) is 0 Å². The SMILES string of the molecule is CCCN1C(=O)c2[nH]nc(-c3cc(C)cc(C)c3O)c2C1c1cccc(OCCC(C)C)c1. The van der Waals surface area contributed by atoms with E-state index in [1.807, 2.05) is 55.1 Å². The number of carbonyl (C=O) groups is 1. The maximum Gasteiger partial charge on any atom is 0.273 e. The van der Waals surface area contributed by atoms with Crippen LogP contribution in [-0.4, -0.2) is 39.3 Å². The summed E-state index contributed by atoms with van der Waals surface area (Å²) < 4.78 is 6.01. The minimum atomic E-state index is -0.296. The molecule has 1 aliphatic rings. The zero-order valence-corrected chi connectivity index (χ0v) is 20.1. The Morgan fingerprint density at radius 2 is 2.00 bits per heavy atom. The highest BCUT2D eigenvalue weighted by Crippen LogP contribution is 2.45. The first-order valence-corrected chi connectivity index (χ1v) is 11.7. The lowest BCUT2D eigenvalue weighted by Crippen LogP contribution is -2.30. The molecule has 1 atom stereocenters. The third-order valence-electron chi connectivity index (χ3n) is 6.17. The molecule has 6 heteroatoms. The zero-order valence-electron chi connectivity index (χ0n) is 20.1. The van der Waals surface area contributed by atoms with Crippen molar-refractivity contribution in [2.24, 2.45) is 5.92 Å². The first kappa shape index (κ1) is 22.9. The van der Waals surface area contributed by atoms with Crippen molar-refractivity contribution in [3.63, 3.8) is 0 Å². The summed E-state index contributed by atoms with van der Waals surface area (Å²) in [6, 6.07) is 11.6. The Balaban J connectivity index is 1.80. The molecule has 33 heavy (non-hydrogen) atoms. The summed E-state index contributed by atoms with van der Waals surface area (Å²) in [4.78, 5) is 15.2. The largest absolute Gasteiger partial charge is 0.507 e. The molecule has 0 spiro atoms. The summed E-state index contributed by atoms with van der Waals surface area (Å²) in [6.07, 6.45) is 1.82. The molecule has 1 aromatic heterocycles. The second kappa shape index (κ2) is 9.30. The van der Waals surface area contributed by atoms with Crippen molar-refractivity contribution in [3.05, 3.63) is 64.3 Å². The lowest BCUT2D eigenvalue weighted by molar-refractivity contribution is 0.0743. The van der Waals surface area contributed by atoms with Gasteiger partial charge in [-0.1, -0.05) is 39.0 Å². The summed E-state index contributed by atoms with van der Waals surface area (Å²) in [5, 5.41) is 18.3. The molecule has 174 valence electrons. The van der Waals surface area contributed by atoms with E-state index in [4.69, 9.17) is 4.74 Å². The molecule has 3 aromatic rings. The van der Waals surface area contributed by atoms with Gasteiger partial charge in [-0.05, 0) is 67.5 Å². The van der Waals surface area contributed by atoms with E-state index in [1.54, 1.807) is 0 Å². The average Bonchev–Trinajstić information content (AvgIpc) is 3.30. The maximum absolute atomic E-state index is 13.3. The van der Waals surface area contributed by atoms with Gasteiger partial charge in [0.05, 0.1) is 12.6 Å². The molecule has 0 fully saturated rings. The molecule has 0 aliphatic carbocycles. The maximum atomic E-state index is 13.3. The molecule has 2 heterocycles. The minimum Gasteiger partial charge on any atom is -0.507 e. The highest BCUT2D eigenvalue weighted by molar-refractivity contribution is 6.00. The Kier molecular flexibility index (Phi) is 6.45.